The molecule has 2 aromatic carbocycles. The number of nitrogens with zero attached hydrogens (tertiary/aromatic N) is 2. The molecule has 0 spiro atoms. The predicted octanol–water partition coefficient (Wildman–Crippen LogP) is 2.12. The lowest BCUT2D eigenvalue weighted by Crippen LogP contribution is -2.48. The molecule has 0 unspecified atom stereocenters. The number of hydrogen-bond donors (Lipinski definition) is 1. The molecule has 1 saturated heterocycles. The summed E-state index contributed by atoms with van der Waals surface area (Å²) in [6.45, 7) is 4.55. The number of amides is 2. The molecule has 2 aromatic rings. The fourth-order valence-electron chi connectivity index (χ4n) is 3.74. The Morgan fingerprint density at radius 2 is 1.69 bits per heavy atom. The van der Waals surface area contributed by atoms with Crippen LogP contribution in [0.1, 0.15) is 40.1 Å². The third-order valence-corrected chi connectivity index (χ3v) is 7.14. The van der Waals surface area contributed by atoms with E-state index < -0.39 is 10.0 Å². The zero-order valence-electron chi connectivity index (χ0n) is 18.7. The van der Waals surface area contributed by atoms with E-state index in [1.165, 1.54) is 21.3 Å². The standard InChI is InChI=1S/C23H29N3O5S/c1-16-13-26(14-17(2)31-16)32(29,30)21-7-5-6-20(12-21)23(28)25(4)15-18-8-10-19(11-9-18)22(27)24-3/h5-12,16-17H,13-15H2,1-4H3,(H,24,27)/t16-,17-/m1/s1. The first-order valence-corrected chi connectivity index (χ1v) is 11.9. The van der Waals surface area contributed by atoms with Crippen molar-refractivity contribution in [3.63, 3.8) is 0 Å². The Kier molecular flexibility index (Phi) is 7.33. The lowest BCUT2D eigenvalue weighted by molar-refractivity contribution is -0.0440. The summed E-state index contributed by atoms with van der Waals surface area (Å²) >= 11 is 0. The summed E-state index contributed by atoms with van der Waals surface area (Å²) in [6, 6.07) is 13.1. The lowest BCUT2D eigenvalue weighted by atomic mass is 10.1. The van der Waals surface area contributed by atoms with Gasteiger partial charge in [0.1, 0.15) is 0 Å². The second kappa shape index (κ2) is 9.81. The molecular weight excluding hydrogens is 430 g/mol. The maximum atomic E-state index is 13.1. The highest BCUT2D eigenvalue weighted by Gasteiger charge is 2.32. The van der Waals surface area contributed by atoms with Crippen molar-refractivity contribution in [3.8, 4) is 0 Å². The van der Waals surface area contributed by atoms with Crippen molar-refractivity contribution in [2.45, 2.75) is 37.5 Å². The number of rotatable bonds is 6. The van der Waals surface area contributed by atoms with Gasteiger partial charge in [0.2, 0.25) is 10.0 Å². The Balaban J connectivity index is 1.75. The monoisotopic (exact) mass is 459 g/mol. The second-order valence-electron chi connectivity index (χ2n) is 8.04. The van der Waals surface area contributed by atoms with Crippen LogP contribution in [0.2, 0.25) is 0 Å². The molecule has 9 heteroatoms. The first-order valence-electron chi connectivity index (χ1n) is 10.4. The molecule has 0 bridgehead atoms. The number of hydrogen-bond acceptors (Lipinski definition) is 5. The summed E-state index contributed by atoms with van der Waals surface area (Å²) in [7, 11) is -0.518. The summed E-state index contributed by atoms with van der Waals surface area (Å²) < 4.78 is 33.3. The number of nitrogens with one attached hydrogen (secondary N) is 1. The largest absolute Gasteiger partial charge is 0.373 e. The molecule has 172 valence electrons. The number of ether oxygens (including phenoxy) is 1. The van der Waals surface area contributed by atoms with Crippen LogP contribution in [0.3, 0.4) is 0 Å². The summed E-state index contributed by atoms with van der Waals surface area (Å²) in [5.41, 5.74) is 1.69. The van der Waals surface area contributed by atoms with Gasteiger partial charge in [-0.1, -0.05) is 18.2 Å². The van der Waals surface area contributed by atoms with E-state index in [4.69, 9.17) is 4.74 Å². The minimum absolute atomic E-state index is 0.0907. The van der Waals surface area contributed by atoms with E-state index in [-0.39, 0.29) is 42.0 Å². The van der Waals surface area contributed by atoms with E-state index in [2.05, 4.69) is 5.32 Å². The molecule has 0 aliphatic carbocycles. The Bertz CT molecular complexity index is 1080. The molecule has 3 rings (SSSR count). The van der Waals surface area contributed by atoms with Gasteiger partial charge in [0.05, 0.1) is 17.1 Å². The first kappa shape index (κ1) is 23.9. The number of benzene rings is 2. The highest BCUT2D eigenvalue weighted by molar-refractivity contribution is 7.89. The molecule has 2 atom stereocenters. The Labute approximate surface area is 189 Å². The van der Waals surface area contributed by atoms with Gasteiger partial charge in [0.15, 0.2) is 0 Å². The van der Waals surface area contributed by atoms with Crippen molar-refractivity contribution >= 4 is 21.8 Å². The van der Waals surface area contributed by atoms with Crippen LogP contribution in [-0.2, 0) is 21.3 Å². The minimum atomic E-state index is -3.74. The van der Waals surface area contributed by atoms with Gasteiger partial charge in [-0.2, -0.15) is 4.31 Å². The topological polar surface area (TPSA) is 96.0 Å². The molecule has 2 amide bonds. The van der Waals surface area contributed by atoms with E-state index in [0.717, 1.165) is 5.56 Å². The Morgan fingerprint density at radius 3 is 2.28 bits per heavy atom. The Morgan fingerprint density at radius 1 is 1.06 bits per heavy atom. The van der Waals surface area contributed by atoms with E-state index >= 15 is 0 Å². The van der Waals surface area contributed by atoms with Gasteiger partial charge >= 0.3 is 0 Å². The third-order valence-electron chi connectivity index (χ3n) is 5.31. The number of morpholine rings is 1. The maximum Gasteiger partial charge on any atom is 0.253 e. The van der Waals surface area contributed by atoms with Gasteiger partial charge in [-0.15, -0.1) is 0 Å². The van der Waals surface area contributed by atoms with Gasteiger partial charge in [-0.3, -0.25) is 9.59 Å². The van der Waals surface area contributed by atoms with Crippen molar-refractivity contribution in [3.05, 3.63) is 65.2 Å². The average molecular weight is 460 g/mol. The minimum Gasteiger partial charge on any atom is -0.373 e. The molecule has 32 heavy (non-hydrogen) atoms. The fraction of sp³-hybridized carbons (Fsp3) is 0.391. The molecule has 1 heterocycles. The van der Waals surface area contributed by atoms with E-state index in [1.54, 1.807) is 50.5 Å². The average Bonchev–Trinajstić information content (AvgIpc) is 2.78. The fourth-order valence-corrected chi connectivity index (χ4v) is 5.37. The first-order chi connectivity index (χ1) is 15.1. The molecule has 0 saturated carbocycles. The second-order valence-corrected chi connectivity index (χ2v) is 9.98. The van der Waals surface area contributed by atoms with Crippen molar-refractivity contribution < 1.29 is 22.7 Å². The van der Waals surface area contributed by atoms with Crippen LogP contribution in [0.25, 0.3) is 0 Å². The number of sulfonamides is 1. The van der Waals surface area contributed by atoms with Crippen LogP contribution in [-0.4, -0.2) is 68.8 Å². The van der Waals surface area contributed by atoms with Gasteiger partial charge < -0.3 is 15.0 Å². The van der Waals surface area contributed by atoms with Crippen molar-refractivity contribution in [2.75, 3.05) is 27.2 Å². The zero-order valence-corrected chi connectivity index (χ0v) is 19.6. The van der Waals surface area contributed by atoms with Crippen molar-refractivity contribution in [1.29, 1.82) is 0 Å². The third kappa shape index (κ3) is 5.35. The normalized spacial score (nSPS) is 19.4. The van der Waals surface area contributed by atoms with E-state index in [1.807, 2.05) is 13.8 Å². The van der Waals surface area contributed by atoms with E-state index in [0.29, 0.717) is 17.7 Å². The highest BCUT2D eigenvalue weighted by atomic mass is 32.2. The molecular formula is C23H29N3O5S. The summed E-state index contributed by atoms with van der Waals surface area (Å²) in [6.07, 6.45) is -0.390. The molecule has 8 nitrogen and oxygen atoms in total. The summed E-state index contributed by atoms with van der Waals surface area (Å²) in [5, 5.41) is 2.56. The zero-order chi connectivity index (χ0) is 23.5. The van der Waals surface area contributed by atoms with Crippen LogP contribution >= 0.6 is 0 Å². The summed E-state index contributed by atoms with van der Waals surface area (Å²) in [4.78, 5) is 26.2. The maximum absolute atomic E-state index is 13.1. The Hall–Kier alpha value is -2.75. The smallest absolute Gasteiger partial charge is 0.253 e. The number of carbonyl (C=O) groups is 2. The SMILES string of the molecule is CNC(=O)c1ccc(CN(C)C(=O)c2cccc(S(=O)(=O)N3C[C@@H](C)O[C@H](C)C3)c2)cc1. The van der Waals surface area contributed by atoms with Crippen LogP contribution in [0.15, 0.2) is 53.4 Å². The molecule has 1 aliphatic rings. The van der Waals surface area contributed by atoms with Gasteiger partial charge in [0, 0.05) is 44.9 Å². The van der Waals surface area contributed by atoms with Crippen LogP contribution < -0.4 is 5.32 Å². The van der Waals surface area contributed by atoms with Crippen molar-refractivity contribution in [2.24, 2.45) is 0 Å². The van der Waals surface area contributed by atoms with Crippen LogP contribution in [0, 0.1) is 0 Å². The molecule has 1 fully saturated rings. The van der Waals surface area contributed by atoms with Crippen molar-refractivity contribution in [1.82, 2.24) is 14.5 Å². The number of carbonyl (C=O) groups excluding carboxylic acids is 2. The highest BCUT2D eigenvalue weighted by Crippen LogP contribution is 2.22. The molecule has 0 radical (unpaired) electrons. The van der Waals surface area contributed by atoms with Gasteiger partial charge in [0.25, 0.3) is 11.8 Å². The molecule has 1 aliphatic heterocycles. The van der Waals surface area contributed by atoms with Gasteiger partial charge in [-0.05, 0) is 49.7 Å². The van der Waals surface area contributed by atoms with E-state index in [9.17, 15) is 18.0 Å². The van der Waals surface area contributed by atoms with Crippen LogP contribution in [0.4, 0.5) is 0 Å². The summed E-state index contributed by atoms with van der Waals surface area (Å²) in [5.74, 6) is -0.468. The lowest BCUT2D eigenvalue weighted by Gasteiger charge is -2.34. The predicted molar refractivity (Wildman–Crippen MR) is 121 cm³/mol. The molecule has 0 aromatic heterocycles. The van der Waals surface area contributed by atoms with Crippen LogP contribution in [0.5, 0.6) is 0 Å². The van der Waals surface area contributed by atoms with Gasteiger partial charge in [-0.25, -0.2) is 8.42 Å². The quantitative estimate of drug-likeness (QED) is 0.714. The molecule has 1 N–H and O–H groups in total.